The summed E-state index contributed by atoms with van der Waals surface area (Å²) in [7, 11) is 3.23. The average molecular weight is 478 g/mol. The molecular formula is C18H31IN4O3. The molecule has 0 saturated heterocycles. The zero-order chi connectivity index (χ0) is 18.7. The smallest absolute Gasteiger partial charge is 0.222 e. The Bertz CT molecular complexity index is 580. The van der Waals surface area contributed by atoms with Crippen LogP contribution in [0.1, 0.15) is 26.3 Å². The number of methoxy groups -OCH3 is 2. The van der Waals surface area contributed by atoms with Crippen molar-refractivity contribution >= 4 is 35.8 Å². The van der Waals surface area contributed by atoms with E-state index in [9.17, 15) is 4.79 Å². The number of ether oxygens (including phenoxy) is 2. The first-order chi connectivity index (χ1) is 12.0. The molecule has 0 unspecified atom stereocenters. The largest absolute Gasteiger partial charge is 0.493 e. The van der Waals surface area contributed by atoms with Crippen LogP contribution in [0.5, 0.6) is 11.5 Å². The predicted molar refractivity (Wildman–Crippen MR) is 116 cm³/mol. The number of carbonyl (C=O) groups is 1. The van der Waals surface area contributed by atoms with Crippen LogP contribution in [-0.4, -0.2) is 45.7 Å². The van der Waals surface area contributed by atoms with Crippen molar-refractivity contribution in [3.05, 3.63) is 23.8 Å². The van der Waals surface area contributed by atoms with Gasteiger partial charge in [0, 0.05) is 25.6 Å². The minimum absolute atomic E-state index is 0. The van der Waals surface area contributed by atoms with Crippen LogP contribution in [-0.2, 0) is 11.3 Å². The van der Waals surface area contributed by atoms with Gasteiger partial charge in [-0.3, -0.25) is 4.79 Å². The molecule has 0 aliphatic carbocycles. The van der Waals surface area contributed by atoms with Gasteiger partial charge in [0.15, 0.2) is 17.5 Å². The Morgan fingerprint density at radius 1 is 1.08 bits per heavy atom. The second kappa shape index (κ2) is 13.5. The lowest BCUT2D eigenvalue weighted by atomic mass is 10.2. The van der Waals surface area contributed by atoms with Gasteiger partial charge in [0.25, 0.3) is 0 Å². The lowest BCUT2D eigenvalue weighted by molar-refractivity contribution is -0.123. The summed E-state index contributed by atoms with van der Waals surface area (Å²) in [5.41, 5.74) is 1.02. The van der Waals surface area contributed by atoms with Crippen molar-refractivity contribution < 1.29 is 14.3 Å². The SMILES string of the molecule is CCNC(=NCc1ccc(OC)c(OC)c1)NCCNC(=O)C(C)C.I. The van der Waals surface area contributed by atoms with E-state index < -0.39 is 0 Å². The molecule has 0 aliphatic heterocycles. The van der Waals surface area contributed by atoms with E-state index in [1.54, 1.807) is 14.2 Å². The third kappa shape index (κ3) is 8.59. The lowest BCUT2D eigenvalue weighted by Gasteiger charge is -2.13. The van der Waals surface area contributed by atoms with E-state index >= 15 is 0 Å². The fraction of sp³-hybridized carbons (Fsp3) is 0.556. The average Bonchev–Trinajstić information content (AvgIpc) is 2.62. The van der Waals surface area contributed by atoms with Gasteiger partial charge < -0.3 is 25.4 Å². The van der Waals surface area contributed by atoms with Gasteiger partial charge in [-0.05, 0) is 24.6 Å². The normalized spacial score (nSPS) is 10.8. The maximum absolute atomic E-state index is 11.5. The third-order valence-electron chi connectivity index (χ3n) is 3.45. The van der Waals surface area contributed by atoms with Gasteiger partial charge in [-0.25, -0.2) is 4.99 Å². The van der Waals surface area contributed by atoms with E-state index in [-0.39, 0.29) is 35.8 Å². The molecule has 7 nitrogen and oxygen atoms in total. The Morgan fingerprint density at radius 3 is 2.31 bits per heavy atom. The van der Waals surface area contributed by atoms with Crippen LogP contribution >= 0.6 is 24.0 Å². The summed E-state index contributed by atoms with van der Waals surface area (Å²) in [6.07, 6.45) is 0. The molecule has 0 saturated carbocycles. The number of guanidine groups is 1. The molecule has 0 spiro atoms. The Morgan fingerprint density at radius 2 is 1.73 bits per heavy atom. The fourth-order valence-corrected chi connectivity index (χ4v) is 2.06. The molecule has 0 aliphatic rings. The first kappa shape index (κ1) is 24.3. The Kier molecular flexibility index (Phi) is 12.6. The van der Waals surface area contributed by atoms with Crippen molar-refractivity contribution in [1.29, 1.82) is 0 Å². The zero-order valence-corrected chi connectivity index (χ0v) is 18.5. The number of hydrogen-bond acceptors (Lipinski definition) is 4. The number of rotatable bonds is 9. The second-order valence-electron chi connectivity index (χ2n) is 5.76. The van der Waals surface area contributed by atoms with E-state index in [0.29, 0.717) is 37.1 Å². The minimum atomic E-state index is -0.00745. The van der Waals surface area contributed by atoms with Crippen LogP contribution in [0, 0.1) is 5.92 Å². The van der Waals surface area contributed by atoms with Crippen LogP contribution in [0.15, 0.2) is 23.2 Å². The molecule has 1 amide bonds. The van der Waals surface area contributed by atoms with Crippen molar-refractivity contribution in [3.8, 4) is 11.5 Å². The minimum Gasteiger partial charge on any atom is -0.493 e. The molecule has 0 aromatic heterocycles. The fourth-order valence-electron chi connectivity index (χ4n) is 2.06. The molecule has 148 valence electrons. The Labute approximate surface area is 173 Å². The highest BCUT2D eigenvalue weighted by molar-refractivity contribution is 14.0. The molecular weight excluding hydrogens is 447 g/mol. The van der Waals surface area contributed by atoms with Gasteiger partial charge >= 0.3 is 0 Å². The molecule has 3 N–H and O–H groups in total. The summed E-state index contributed by atoms with van der Waals surface area (Å²) in [6.45, 7) is 8.18. The number of benzene rings is 1. The molecule has 0 atom stereocenters. The second-order valence-corrected chi connectivity index (χ2v) is 5.76. The number of aliphatic imine (C=N–C) groups is 1. The first-order valence-electron chi connectivity index (χ1n) is 8.52. The molecule has 8 heteroatoms. The van der Waals surface area contributed by atoms with Gasteiger partial charge in [0.05, 0.1) is 20.8 Å². The summed E-state index contributed by atoms with van der Waals surface area (Å²) < 4.78 is 10.5. The molecule has 1 aromatic carbocycles. The quantitative estimate of drug-likeness (QED) is 0.219. The van der Waals surface area contributed by atoms with E-state index in [1.807, 2.05) is 39.0 Å². The van der Waals surface area contributed by atoms with Gasteiger partial charge in [0.2, 0.25) is 5.91 Å². The molecule has 0 fully saturated rings. The maximum atomic E-state index is 11.5. The standard InChI is InChI=1S/C18H30N4O3.HI/c1-6-19-18(21-10-9-20-17(23)13(2)3)22-12-14-7-8-15(24-4)16(11-14)25-5;/h7-8,11,13H,6,9-10,12H2,1-5H3,(H,20,23)(H2,19,21,22);1H. The van der Waals surface area contributed by atoms with Gasteiger partial charge in [0.1, 0.15) is 0 Å². The number of nitrogens with zero attached hydrogens (tertiary/aromatic N) is 1. The van der Waals surface area contributed by atoms with Crippen LogP contribution < -0.4 is 25.4 Å². The van der Waals surface area contributed by atoms with Gasteiger partial charge in [-0.2, -0.15) is 0 Å². The van der Waals surface area contributed by atoms with E-state index in [0.717, 1.165) is 12.1 Å². The first-order valence-corrected chi connectivity index (χ1v) is 8.52. The van der Waals surface area contributed by atoms with Crippen molar-refractivity contribution in [1.82, 2.24) is 16.0 Å². The summed E-state index contributed by atoms with van der Waals surface area (Å²) in [6, 6.07) is 5.73. The number of halogens is 1. The Hall–Kier alpha value is -1.71. The lowest BCUT2D eigenvalue weighted by Crippen LogP contribution is -2.42. The molecule has 1 aromatic rings. The van der Waals surface area contributed by atoms with Crippen molar-refractivity contribution in [2.24, 2.45) is 10.9 Å². The zero-order valence-electron chi connectivity index (χ0n) is 16.2. The molecule has 1 rings (SSSR count). The van der Waals surface area contributed by atoms with Crippen LogP contribution in [0.4, 0.5) is 0 Å². The maximum Gasteiger partial charge on any atom is 0.222 e. The molecule has 0 radical (unpaired) electrons. The van der Waals surface area contributed by atoms with Crippen LogP contribution in [0.2, 0.25) is 0 Å². The number of hydrogen-bond donors (Lipinski definition) is 3. The highest BCUT2D eigenvalue weighted by atomic mass is 127. The summed E-state index contributed by atoms with van der Waals surface area (Å²) in [5, 5.41) is 9.26. The van der Waals surface area contributed by atoms with E-state index in [1.165, 1.54) is 0 Å². The topological polar surface area (TPSA) is 84.0 Å². The number of carbonyl (C=O) groups excluding carboxylic acids is 1. The highest BCUT2D eigenvalue weighted by Gasteiger charge is 2.06. The predicted octanol–water partition coefficient (Wildman–Crippen LogP) is 2.15. The summed E-state index contributed by atoms with van der Waals surface area (Å²) in [5.74, 6) is 2.13. The number of amides is 1. The molecule has 0 heterocycles. The third-order valence-corrected chi connectivity index (χ3v) is 3.45. The molecule has 0 bridgehead atoms. The molecule has 26 heavy (non-hydrogen) atoms. The van der Waals surface area contributed by atoms with Gasteiger partial charge in [-0.1, -0.05) is 19.9 Å². The summed E-state index contributed by atoms with van der Waals surface area (Å²) in [4.78, 5) is 16.1. The van der Waals surface area contributed by atoms with Crippen molar-refractivity contribution in [2.45, 2.75) is 27.3 Å². The number of nitrogens with one attached hydrogen (secondary N) is 3. The van der Waals surface area contributed by atoms with Crippen molar-refractivity contribution in [2.75, 3.05) is 33.9 Å². The van der Waals surface area contributed by atoms with E-state index in [2.05, 4.69) is 20.9 Å². The van der Waals surface area contributed by atoms with Crippen LogP contribution in [0.25, 0.3) is 0 Å². The highest BCUT2D eigenvalue weighted by Crippen LogP contribution is 2.27. The van der Waals surface area contributed by atoms with Gasteiger partial charge in [-0.15, -0.1) is 24.0 Å². The Balaban J connectivity index is 0.00000625. The monoisotopic (exact) mass is 478 g/mol. The summed E-state index contributed by atoms with van der Waals surface area (Å²) >= 11 is 0. The van der Waals surface area contributed by atoms with Crippen LogP contribution in [0.3, 0.4) is 0 Å². The van der Waals surface area contributed by atoms with E-state index in [4.69, 9.17) is 9.47 Å². The van der Waals surface area contributed by atoms with Crippen molar-refractivity contribution in [3.63, 3.8) is 0 Å².